The van der Waals surface area contributed by atoms with Crippen molar-refractivity contribution in [2.24, 2.45) is 7.05 Å². The highest BCUT2D eigenvalue weighted by atomic mass is 16.5. The van der Waals surface area contributed by atoms with E-state index in [-0.39, 0.29) is 18.4 Å². The molecule has 1 aromatic rings. The Hall–Kier alpha value is -2.35. The van der Waals surface area contributed by atoms with E-state index in [0.717, 1.165) is 0 Å². The topological polar surface area (TPSA) is 89.9 Å². The molecule has 0 bridgehead atoms. The molecule has 1 atom stereocenters. The van der Waals surface area contributed by atoms with Crippen molar-refractivity contribution in [2.45, 2.75) is 73.4 Å². The summed E-state index contributed by atoms with van der Waals surface area (Å²) in [6.45, 7) is 16.3. The van der Waals surface area contributed by atoms with Crippen molar-refractivity contribution in [3.05, 3.63) is 22.5 Å². The standard InChI is InChI=1S/C23H39N3O5/c1-10-30-14-12-13-26(22(29)24-23(6,7)8)17(5)20(27)18-15(3)19(21(28)31-11-2)25(9)16(18)4/h17H,10-14H2,1-9H3,(H,24,29). The number of amides is 2. The lowest BCUT2D eigenvalue weighted by molar-refractivity contribution is 0.0514. The minimum Gasteiger partial charge on any atom is -0.461 e. The first-order valence-corrected chi connectivity index (χ1v) is 10.9. The fourth-order valence-corrected chi connectivity index (χ4v) is 3.52. The van der Waals surface area contributed by atoms with Crippen LogP contribution in [0.4, 0.5) is 4.79 Å². The van der Waals surface area contributed by atoms with Crippen LogP contribution >= 0.6 is 0 Å². The number of carbonyl (C=O) groups is 3. The van der Waals surface area contributed by atoms with E-state index in [0.29, 0.717) is 48.7 Å². The molecule has 0 aliphatic heterocycles. The number of aromatic nitrogens is 1. The SMILES string of the molecule is CCOCCCN(C(=O)NC(C)(C)C)C(C)C(=O)c1c(C)c(C(=O)OCC)n(C)c1C. The normalized spacial score (nSPS) is 12.4. The lowest BCUT2D eigenvalue weighted by Gasteiger charge is -2.32. The molecule has 0 aliphatic rings. The molecular formula is C23H39N3O5. The van der Waals surface area contributed by atoms with Crippen molar-refractivity contribution >= 4 is 17.8 Å². The van der Waals surface area contributed by atoms with E-state index in [9.17, 15) is 14.4 Å². The monoisotopic (exact) mass is 437 g/mol. The molecule has 1 aromatic heterocycles. The third-order valence-corrected chi connectivity index (χ3v) is 5.13. The van der Waals surface area contributed by atoms with Gasteiger partial charge in [-0.2, -0.15) is 0 Å². The van der Waals surface area contributed by atoms with Crippen LogP contribution in [-0.2, 0) is 16.5 Å². The van der Waals surface area contributed by atoms with Gasteiger partial charge in [0.1, 0.15) is 5.69 Å². The number of hydrogen-bond donors (Lipinski definition) is 1. The van der Waals surface area contributed by atoms with Crippen LogP contribution in [0.1, 0.15) is 80.1 Å². The van der Waals surface area contributed by atoms with Crippen molar-refractivity contribution in [1.29, 1.82) is 0 Å². The maximum Gasteiger partial charge on any atom is 0.355 e. The molecular weight excluding hydrogens is 398 g/mol. The first-order valence-electron chi connectivity index (χ1n) is 10.9. The Kier molecular flexibility index (Phi) is 9.74. The van der Waals surface area contributed by atoms with Gasteiger partial charge < -0.3 is 24.3 Å². The molecule has 0 saturated carbocycles. The second kappa shape index (κ2) is 11.3. The van der Waals surface area contributed by atoms with Crippen LogP contribution < -0.4 is 5.32 Å². The fraction of sp³-hybridized carbons (Fsp3) is 0.696. The number of ether oxygens (including phenoxy) is 2. The van der Waals surface area contributed by atoms with Crippen LogP contribution in [-0.4, -0.2) is 65.2 Å². The molecule has 1 heterocycles. The average molecular weight is 438 g/mol. The van der Waals surface area contributed by atoms with Crippen LogP contribution in [0.3, 0.4) is 0 Å². The van der Waals surface area contributed by atoms with Crippen molar-refractivity contribution < 1.29 is 23.9 Å². The van der Waals surface area contributed by atoms with Crippen LogP contribution in [0.25, 0.3) is 0 Å². The summed E-state index contributed by atoms with van der Waals surface area (Å²) in [6, 6.07) is -1.01. The number of nitrogens with zero attached hydrogens (tertiary/aromatic N) is 2. The van der Waals surface area contributed by atoms with Gasteiger partial charge in [-0.05, 0) is 67.4 Å². The largest absolute Gasteiger partial charge is 0.461 e. The third kappa shape index (κ3) is 6.82. The Labute approximate surface area is 186 Å². The second-order valence-corrected chi connectivity index (χ2v) is 8.68. The Morgan fingerprint density at radius 3 is 2.26 bits per heavy atom. The number of esters is 1. The molecule has 1 unspecified atom stereocenters. The summed E-state index contributed by atoms with van der Waals surface area (Å²) in [4.78, 5) is 40.4. The lowest BCUT2D eigenvalue weighted by Crippen LogP contribution is -2.53. The van der Waals surface area contributed by atoms with Gasteiger partial charge in [-0.3, -0.25) is 4.79 Å². The molecule has 0 aliphatic carbocycles. The third-order valence-electron chi connectivity index (χ3n) is 5.13. The summed E-state index contributed by atoms with van der Waals surface area (Å²) in [7, 11) is 1.74. The van der Waals surface area contributed by atoms with Gasteiger partial charge >= 0.3 is 12.0 Å². The molecule has 1 rings (SSSR count). The number of Topliss-reactive ketones (excluding diaryl/α,β-unsaturated/α-hetero) is 1. The van der Waals surface area contributed by atoms with Gasteiger partial charge in [0.05, 0.1) is 12.6 Å². The van der Waals surface area contributed by atoms with Gasteiger partial charge in [0.2, 0.25) is 0 Å². The van der Waals surface area contributed by atoms with Gasteiger partial charge in [0.25, 0.3) is 0 Å². The van der Waals surface area contributed by atoms with Crippen LogP contribution in [0.5, 0.6) is 0 Å². The van der Waals surface area contributed by atoms with Gasteiger partial charge in [-0.15, -0.1) is 0 Å². The number of carbonyl (C=O) groups excluding carboxylic acids is 3. The van der Waals surface area contributed by atoms with Crippen molar-refractivity contribution in [3.63, 3.8) is 0 Å². The number of nitrogens with one attached hydrogen (secondary N) is 1. The number of ketones is 1. The summed E-state index contributed by atoms with van der Waals surface area (Å²) in [6.07, 6.45) is 0.615. The lowest BCUT2D eigenvalue weighted by atomic mass is 9.99. The molecule has 0 spiro atoms. The van der Waals surface area contributed by atoms with E-state index < -0.39 is 17.6 Å². The quantitative estimate of drug-likeness (QED) is 0.343. The molecule has 31 heavy (non-hydrogen) atoms. The van der Waals surface area contributed by atoms with E-state index >= 15 is 0 Å². The predicted octanol–water partition coefficient (Wildman–Crippen LogP) is 3.63. The zero-order valence-electron chi connectivity index (χ0n) is 20.5. The summed E-state index contributed by atoms with van der Waals surface area (Å²) in [5.74, 6) is -0.669. The predicted molar refractivity (Wildman–Crippen MR) is 121 cm³/mol. The van der Waals surface area contributed by atoms with Gasteiger partial charge in [0.15, 0.2) is 5.78 Å². The minimum atomic E-state index is -0.709. The molecule has 8 nitrogen and oxygen atoms in total. The molecule has 0 radical (unpaired) electrons. The minimum absolute atomic E-state index is 0.207. The molecule has 8 heteroatoms. The second-order valence-electron chi connectivity index (χ2n) is 8.68. The highest BCUT2D eigenvalue weighted by Crippen LogP contribution is 2.25. The molecule has 0 saturated heterocycles. The molecule has 0 aromatic carbocycles. The fourth-order valence-electron chi connectivity index (χ4n) is 3.52. The first kappa shape index (κ1) is 26.7. The highest BCUT2D eigenvalue weighted by molar-refractivity contribution is 6.06. The van der Waals surface area contributed by atoms with E-state index in [1.807, 2.05) is 27.7 Å². The Bertz CT molecular complexity index is 792. The van der Waals surface area contributed by atoms with E-state index in [1.165, 1.54) is 0 Å². The summed E-state index contributed by atoms with van der Waals surface area (Å²) in [5, 5.41) is 2.94. The van der Waals surface area contributed by atoms with Crippen molar-refractivity contribution in [2.75, 3.05) is 26.4 Å². The maximum atomic E-state index is 13.5. The maximum absolute atomic E-state index is 13.5. The van der Waals surface area contributed by atoms with Crippen LogP contribution in [0, 0.1) is 13.8 Å². The van der Waals surface area contributed by atoms with Gasteiger partial charge in [-0.25, -0.2) is 9.59 Å². The van der Waals surface area contributed by atoms with E-state index in [4.69, 9.17) is 9.47 Å². The molecule has 2 amide bonds. The van der Waals surface area contributed by atoms with E-state index in [1.54, 1.807) is 44.2 Å². The molecule has 1 N–H and O–H groups in total. The Morgan fingerprint density at radius 1 is 1.13 bits per heavy atom. The summed E-state index contributed by atoms with van der Waals surface area (Å²) in [5.41, 5.74) is 1.62. The molecule has 176 valence electrons. The number of urea groups is 1. The van der Waals surface area contributed by atoms with Crippen LogP contribution in [0.15, 0.2) is 0 Å². The Morgan fingerprint density at radius 2 is 1.74 bits per heavy atom. The first-order chi connectivity index (χ1) is 14.4. The average Bonchev–Trinajstić information content (AvgIpc) is 2.88. The smallest absolute Gasteiger partial charge is 0.355 e. The molecule has 0 fully saturated rings. The summed E-state index contributed by atoms with van der Waals surface area (Å²) >= 11 is 0. The van der Waals surface area contributed by atoms with Crippen LogP contribution in [0.2, 0.25) is 0 Å². The van der Waals surface area contributed by atoms with Crippen molar-refractivity contribution in [3.8, 4) is 0 Å². The van der Waals surface area contributed by atoms with Gasteiger partial charge in [0, 0.05) is 43.6 Å². The number of hydrogen-bond acceptors (Lipinski definition) is 5. The highest BCUT2D eigenvalue weighted by Gasteiger charge is 2.33. The number of rotatable bonds is 10. The zero-order valence-corrected chi connectivity index (χ0v) is 20.5. The Balaban J connectivity index is 3.26. The zero-order chi connectivity index (χ0) is 23.9. The van der Waals surface area contributed by atoms with Gasteiger partial charge in [-0.1, -0.05) is 0 Å². The van der Waals surface area contributed by atoms with E-state index in [2.05, 4.69) is 5.32 Å². The summed E-state index contributed by atoms with van der Waals surface area (Å²) < 4.78 is 12.2. The van der Waals surface area contributed by atoms with Crippen molar-refractivity contribution in [1.82, 2.24) is 14.8 Å².